The largest absolute Gasteiger partial charge is 0.504 e. The van der Waals surface area contributed by atoms with E-state index in [0.717, 1.165) is 0 Å². The summed E-state index contributed by atoms with van der Waals surface area (Å²) in [5.74, 6) is -0.499. The number of ether oxygens (including phenoxy) is 1. The molecule has 2 aromatic carbocycles. The predicted octanol–water partition coefficient (Wildman–Crippen LogP) is 4.33. The number of hydrazone groups is 1. The molecule has 0 spiro atoms. The second-order valence-electron chi connectivity index (χ2n) is 5.66. The van der Waals surface area contributed by atoms with E-state index < -0.39 is 5.91 Å². The molecule has 2 N–H and O–H groups in total. The quantitative estimate of drug-likeness (QED) is 0.501. The number of hydrogen-bond acceptors (Lipinski definition) is 5. The molecule has 138 valence electrons. The number of amides is 1. The smallest absolute Gasteiger partial charge is 0.272 e. The number of aromatic hydroxyl groups is 1. The molecule has 3 rings (SSSR count). The number of para-hydroxylation sites is 1. The van der Waals surface area contributed by atoms with Crippen molar-refractivity contribution >= 4 is 46.2 Å². The van der Waals surface area contributed by atoms with E-state index in [1.807, 2.05) is 31.2 Å². The van der Waals surface area contributed by atoms with E-state index in [1.54, 1.807) is 6.07 Å². The molecule has 0 saturated heterocycles. The molecule has 0 unspecified atom stereocenters. The van der Waals surface area contributed by atoms with Crippen LogP contribution in [-0.4, -0.2) is 29.3 Å². The minimum Gasteiger partial charge on any atom is -0.504 e. The topological polar surface area (TPSA) is 83.8 Å². The van der Waals surface area contributed by atoms with Crippen LogP contribution in [0.25, 0.3) is 10.9 Å². The number of benzene rings is 2. The zero-order chi connectivity index (χ0) is 19.6. The minimum atomic E-state index is -0.419. The Bertz CT molecular complexity index is 1070. The molecule has 6 nitrogen and oxygen atoms in total. The van der Waals surface area contributed by atoms with Crippen LogP contribution >= 0.6 is 23.2 Å². The summed E-state index contributed by atoms with van der Waals surface area (Å²) in [6, 6.07) is 10.4. The SMILES string of the molecule is COc1cc(Cl)c(Cl)c(/C=N/NC(=O)c2cc(C)nc3ccccc23)c1O. The third kappa shape index (κ3) is 3.82. The summed E-state index contributed by atoms with van der Waals surface area (Å²) in [5.41, 5.74) is 4.43. The summed E-state index contributed by atoms with van der Waals surface area (Å²) < 4.78 is 5.03. The Balaban J connectivity index is 1.90. The van der Waals surface area contributed by atoms with E-state index in [2.05, 4.69) is 15.5 Å². The van der Waals surface area contributed by atoms with Gasteiger partial charge in [0.15, 0.2) is 11.5 Å². The van der Waals surface area contributed by atoms with Gasteiger partial charge < -0.3 is 9.84 Å². The fraction of sp³-hybridized carbons (Fsp3) is 0.105. The van der Waals surface area contributed by atoms with Crippen molar-refractivity contribution in [3.63, 3.8) is 0 Å². The molecule has 0 fully saturated rings. The van der Waals surface area contributed by atoms with E-state index >= 15 is 0 Å². The molecule has 0 aliphatic rings. The van der Waals surface area contributed by atoms with Crippen LogP contribution in [0.2, 0.25) is 10.0 Å². The van der Waals surface area contributed by atoms with Crippen molar-refractivity contribution in [2.75, 3.05) is 7.11 Å². The Labute approximate surface area is 165 Å². The van der Waals surface area contributed by atoms with Crippen LogP contribution in [-0.2, 0) is 0 Å². The Morgan fingerprint density at radius 3 is 2.78 bits per heavy atom. The second kappa shape index (κ2) is 7.82. The van der Waals surface area contributed by atoms with E-state index in [1.165, 1.54) is 19.4 Å². The third-order valence-corrected chi connectivity index (χ3v) is 4.66. The number of hydrogen-bond donors (Lipinski definition) is 2. The molecule has 0 bridgehead atoms. The Morgan fingerprint density at radius 2 is 2.04 bits per heavy atom. The Hall–Kier alpha value is -2.83. The first-order chi connectivity index (χ1) is 12.9. The molecule has 0 radical (unpaired) electrons. The first-order valence-electron chi connectivity index (χ1n) is 7.87. The van der Waals surface area contributed by atoms with Gasteiger partial charge in [-0.2, -0.15) is 5.10 Å². The van der Waals surface area contributed by atoms with Crippen LogP contribution in [0.15, 0.2) is 41.5 Å². The van der Waals surface area contributed by atoms with Gasteiger partial charge in [-0.15, -0.1) is 0 Å². The standard InChI is InChI=1S/C19H15Cl2N3O3/c1-10-7-12(11-5-3-4-6-15(11)23-10)19(26)24-22-9-13-17(21)14(20)8-16(27-2)18(13)25/h3-9,25H,1-2H3,(H,24,26)/b22-9+. The molecular formula is C19H15Cl2N3O3. The molecule has 1 amide bonds. The van der Waals surface area contributed by atoms with Crippen molar-refractivity contribution in [3.05, 3.63) is 63.3 Å². The lowest BCUT2D eigenvalue weighted by molar-refractivity contribution is 0.0956. The molecule has 0 aliphatic heterocycles. The number of aryl methyl sites for hydroxylation is 1. The molecule has 1 aromatic heterocycles. The highest BCUT2D eigenvalue weighted by Gasteiger charge is 2.15. The lowest BCUT2D eigenvalue weighted by Crippen LogP contribution is -2.18. The zero-order valence-corrected chi connectivity index (χ0v) is 16.0. The summed E-state index contributed by atoms with van der Waals surface area (Å²) in [4.78, 5) is 17.0. The van der Waals surface area contributed by atoms with Crippen molar-refractivity contribution in [1.82, 2.24) is 10.4 Å². The zero-order valence-electron chi connectivity index (χ0n) is 14.5. The number of carbonyl (C=O) groups is 1. The normalized spacial score (nSPS) is 11.1. The van der Waals surface area contributed by atoms with Crippen molar-refractivity contribution in [2.24, 2.45) is 5.10 Å². The molecule has 1 heterocycles. The number of phenolic OH excluding ortho intramolecular Hbond substituents is 1. The van der Waals surface area contributed by atoms with Gasteiger partial charge in [0.2, 0.25) is 0 Å². The number of phenols is 1. The Morgan fingerprint density at radius 1 is 1.30 bits per heavy atom. The highest BCUT2D eigenvalue weighted by Crippen LogP contribution is 2.39. The maximum Gasteiger partial charge on any atom is 0.272 e. The number of carbonyl (C=O) groups excluding carboxylic acids is 1. The first kappa shape index (κ1) is 18.9. The van der Waals surface area contributed by atoms with Gasteiger partial charge in [-0.25, -0.2) is 5.43 Å². The van der Waals surface area contributed by atoms with Gasteiger partial charge in [0, 0.05) is 17.1 Å². The van der Waals surface area contributed by atoms with E-state index in [4.69, 9.17) is 27.9 Å². The molecular weight excluding hydrogens is 389 g/mol. The summed E-state index contributed by atoms with van der Waals surface area (Å²) in [5, 5.41) is 15.1. The number of nitrogens with one attached hydrogen (secondary N) is 1. The third-order valence-electron chi connectivity index (χ3n) is 3.86. The van der Waals surface area contributed by atoms with Gasteiger partial charge in [-0.05, 0) is 19.1 Å². The summed E-state index contributed by atoms with van der Waals surface area (Å²) >= 11 is 12.1. The number of fused-ring (bicyclic) bond motifs is 1. The lowest BCUT2D eigenvalue weighted by Gasteiger charge is -2.09. The van der Waals surface area contributed by atoms with E-state index in [9.17, 15) is 9.90 Å². The van der Waals surface area contributed by atoms with Crippen molar-refractivity contribution in [1.29, 1.82) is 0 Å². The van der Waals surface area contributed by atoms with Gasteiger partial charge >= 0.3 is 0 Å². The fourth-order valence-electron chi connectivity index (χ4n) is 2.60. The summed E-state index contributed by atoms with van der Waals surface area (Å²) in [6.07, 6.45) is 1.21. The number of rotatable bonds is 4. The van der Waals surface area contributed by atoms with Gasteiger partial charge in [0.05, 0.1) is 40.0 Å². The number of aromatic nitrogens is 1. The average Bonchev–Trinajstić information content (AvgIpc) is 2.66. The van der Waals surface area contributed by atoms with Gasteiger partial charge in [-0.3, -0.25) is 9.78 Å². The molecule has 3 aromatic rings. The van der Waals surface area contributed by atoms with Crippen LogP contribution in [0.1, 0.15) is 21.6 Å². The van der Waals surface area contributed by atoms with Crippen LogP contribution in [0.4, 0.5) is 0 Å². The maximum absolute atomic E-state index is 12.6. The molecule has 0 aliphatic carbocycles. The second-order valence-corrected chi connectivity index (χ2v) is 6.45. The average molecular weight is 404 g/mol. The van der Waals surface area contributed by atoms with Crippen LogP contribution < -0.4 is 10.2 Å². The molecule has 8 heteroatoms. The van der Waals surface area contributed by atoms with E-state index in [-0.39, 0.29) is 27.1 Å². The molecule has 0 saturated carbocycles. The summed E-state index contributed by atoms with van der Waals surface area (Å²) in [7, 11) is 1.39. The molecule has 27 heavy (non-hydrogen) atoms. The van der Waals surface area contributed by atoms with Gasteiger partial charge in [-0.1, -0.05) is 41.4 Å². The maximum atomic E-state index is 12.6. The molecule has 0 atom stereocenters. The van der Waals surface area contributed by atoms with Crippen LogP contribution in [0, 0.1) is 6.92 Å². The minimum absolute atomic E-state index is 0.0955. The Kier molecular flexibility index (Phi) is 5.48. The number of nitrogens with zero attached hydrogens (tertiary/aromatic N) is 2. The first-order valence-corrected chi connectivity index (χ1v) is 8.62. The van der Waals surface area contributed by atoms with Gasteiger partial charge in [0.25, 0.3) is 5.91 Å². The van der Waals surface area contributed by atoms with Crippen LogP contribution in [0.5, 0.6) is 11.5 Å². The highest BCUT2D eigenvalue weighted by atomic mass is 35.5. The highest BCUT2D eigenvalue weighted by molar-refractivity contribution is 6.43. The van der Waals surface area contributed by atoms with Crippen molar-refractivity contribution in [3.8, 4) is 11.5 Å². The lowest BCUT2D eigenvalue weighted by atomic mass is 10.1. The van der Waals surface area contributed by atoms with E-state index in [0.29, 0.717) is 22.2 Å². The van der Waals surface area contributed by atoms with Gasteiger partial charge in [0.1, 0.15) is 0 Å². The number of halogens is 2. The monoisotopic (exact) mass is 403 g/mol. The van der Waals surface area contributed by atoms with Crippen molar-refractivity contribution in [2.45, 2.75) is 6.92 Å². The number of methoxy groups -OCH3 is 1. The van der Waals surface area contributed by atoms with Crippen LogP contribution in [0.3, 0.4) is 0 Å². The summed E-state index contributed by atoms with van der Waals surface area (Å²) in [6.45, 7) is 1.81. The fourth-order valence-corrected chi connectivity index (χ4v) is 2.99. The predicted molar refractivity (Wildman–Crippen MR) is 106 cm³/mol. The number of pyridine rings is 1. The van der Waals surface area contributed by atoms with Crippen molar-refractivity contribution < 1.29 is 14.6 Å².